The predicted octanol–water partition coefficient (Wildman–Crippen LogP) is 4.59. The molecule has 0 aliphatic heterocycles. The minimum absolute atomic E-state index is 0.169. The third kappa shape index (κ3) is 5.87. The summed E-state index contributed by atoms with van der Waals surface area (Å²) in [5.41, 5.74) is 14.9. The second-order valence-corrected chi connectivity index (χ2v) is 9.21. The van der Waals surface area contributed by atoms with Crippen molar-refractivity contribution in [2.45, 2.75) is 39.3 Å². The first-order chi connectivity index (χ1) is 15.7. The number of rotatable bonds is 9. The van der Waals surface area contributed by atoms with Gasteiger partial charge in [-0.1, -0.05) is 48.0 Å². The molecule has 0 aliphatic rings. The monoisotopic (exact) mass is 484 g/mol. The van der Waals surface area contributed by atoms with Gasteiger partial charge in [0.05, 0.1) is 27.2 Å². The van der Waals surface area contributed by atoms with Crippen LogP contribution in [0.1, 0.15) is 55.4 Å². The van der Waals surface area contributed by atoms with Gasteiger partial charge >= 0.3 is 5.97 Å². The maximum atomic E-state index is 13.3. The first-order valence-electron chi connectivity index (χ1n) is 10.4. The zero-order chi connectivity index (χ0) is 24.1. The molecule has 0 spiro atoms. The number of hydrogen-bond acceptors (Lipinski definition) is 7. The molecule has 3 rings (SSSR count). The van der Waals surface area contributed by atoms with Crippen LogP contribution in [0.4, 0.5) is 5.69 Å². The Kier molecular flexibility index (Phi) is 8.02. The van der Waals surface area contributed by atoms with Gasteiger partial charge < -0.3 is 16.2 Å². The Morgan fingerprint density at radius 2 is 1.67 bits per heavy atom. The van der Waals surface area contributed by atoms with Crippen molar-refractivity contribution in [1.29, 1.82) is 0 Å². The average Bonchev–Trinajstić information content (AvgIpc) is 3.12. The normalized spacial score (nSPS) is 11.8. The highest BCUT2D eigenvalue weighted by atomic mass is 35.5. The van der Waals surface area contributed by atoms with Crippen molar-refractivity contribution in [3.63, 3.8) is 0 Å². The van der Waals surface area contributed by atoms with Crippen LogP contribution in [0.5, 0.6) is 0 Å². The van der Waals surface area contributed by atoms with Crippen LogP contribution in [-0.4, -0.2) is 23.6 Å². The van der Waals surface area contributed by atoms with Crippen LogP contribution in [0, 0.1) is 0 Å². The van der Waals surface area contributed by atoms with Gasteiger partial charge in [0.15, 0.2) is 11.6 Å². The molecule has 0 aliphatic carbocycles. The summed E-state index contributed by atoms with van der Waals surface area (Å²) in [6.07, 6.45) is 1.21. The summed E-state index contributed by atoms with van der Waals surface area (Å²) in [7, 11) is 0. The number of carbonyl (C=O) groups is 3. The minimum Gasteiger partial charge on any atom is -0.461 e. The van der Waals surface area contributed by atoms with Gasteiger partial charge in [0.1, 0.15) is 6.61 Å². The third-order valence-corrected chi connectivity index (χ3v) is 6.72. The number of aryl methyl sites for hydroxylation is 2. The molecule has 1 heterocycles. The molecule has 1 atom stereocenters. The molecule has 4 N–H and O–H groups in total. The highest BCUT2D eigenvalue weighted by molar-refractivity contribution is 7.15. The molecule has 0 radical (unpaired) electrons. The first kappa shape index (κ1) is 24.6. The summed E-state index contributed by atoms with van der Waals surface area (Å²) in [4.78, 5) is 38.0. The zero-order valence-corrected chi connectivity index (χ0v) is 20.0. The summed E-state index contributed by atoms with van der Waals surface area (Å²) in [5, 5.41) is 0.294. The third-order valence-electron chi connectivity index (χ3n) is 5.11. The van der Waals surface area contributed by atoms with E-state index in [-0.39, 0.29) is 40.1 Å². The molecule has 0 fully saturated rings. The van der Waals surface area contributed by atoms with Crippen LogP contribution in [0.15, 0.2) is 48.5 Å². The molecule has 172 valence electrons. The van der Waals surface area contributed by atoms with E-state index in [1.165, 1.54) is 18.3 Å². The van der Waals surface area contributed by atoms with Gasteiger partial charge in [-0.2, -0.15) is 0 Å². The van der Waals surface area contributed by atoms with E-state index in [1.807, 2.05) is 24.3 Å². The van der Waals surface area contributed by atoms with E-state index in [2.05, 4.69) is 0 Å². The van der Waals surface area contributed by atoms with Crippen LogP contribution in [-0.2, 0) is 29.0 Å². The number of nitrogens with two attached hydrogens (primary N) is 2. The summed E-state index contributed by atoms with van der Waals surface area (Å²) in [5.74, 6) is -1.05. The number of hydrogen-bond donors (Lipinski definition) is 2. The largest absolute Gasteiger partial charge is 0.461 e. The molecule has 0 saturated carbocycles. The molecule has 0 bridgehead atoms. The van der Waals surface area contributed by atoms with Crippen LogP contribution in [0.25, 0.3) is 0 Å². The topological polar surface area (TPSA) is 112 Å². The molecule has 2 aromatic carbocycles. The fraction of sp³-hybridized carbons (Fsp3) is 0.240. The molecule has 33 heavy (non-hydrogen) atoms. The minimum atomic E-state index is -0.765. The zero-order valence-electron chi connectivity index (χ0n) is 18.4. The Morgan fingerprint density at radius 3 is 2.27 bits per heavy atom. The number of ether oxygens (including phenoxy) is 1. The molecule has 1 aromatic heterocycles. The Hall–Kier alpha value is -3.00. The Morgan fingerprint density at radius 1 is 1.03 bits per heavy atom. The lowest BCUT2D eigenvalue weighted by molar-refractivity contribution is -0.142. The van der Waals surface area contributed by atoms with Gasteiger partial charge in [0.2, 0.25) is 0 Å². The average molecular weight is 485 g/mol. The summed E-state index contributed by atoms with van der Waals surface area (Å²) < 4.78 is 5.00. The number of halogens is 1. The van der Waals surface area contributed by atoms with Crippen molar-refractivity contribution in [2.75, 3.05) is 5.73 Å². The number of esters is 1. The number of thiophene rings is 1. The van der Waals surface area contributed by atoms with E-state index in [4.69, 9.17) is 27.8 Å². The van der Waals surface area contributed by atoms with Gasteiger partial charge in [-0.25, -0.2) is 0 Å². The van der Waals surface area contributed by atoms with E-state index >= 15 is 0 Å². The Labute approximate surface area is 201 Å². The highest BCUT2D eigenvalue weighted by Gasteiger charge is 2.29. The Bertz CT molecular complexity index is 1190. The van der Waals surface area contributed by atoms with E-state index < -0.39 is 6.04 Å². The lowest BCUT2D eigenvalue weighted by atomic mass is 9.98. The number of Topliss-reactive ketones (excluding diaryl/α,β-unsaturated/α-hetero) is 1. The van der Waals surface area contributed by atoms with Gasteiger partial charge in [-0.05, 0) is 43.0 Å². The van der Waals surface area contributed by atoms with Crippen molar-refractivity contribution in [3.05, 3.63) is 85.6 Å². The lowest BCUT2D eigenvalue weighted by Crippen LogP contribution is -2.27. The maximum Gasteiger partial charge on any atom is 0.302 e. The molecule has 0 saturated heterocycles. The van der Waals surface area contributed by atoms with Crippen LogP contribution in [0.2, 0.25) is 5.02 Å². The number of anilines is 1. The second kappa shape index (κ2) is 10.7. The SMILES string of the molecule is CC(=O)OCc1ccc(CCc2sc(C(=O)C(C)N)c(C(=O)c3ccccc3Cl)c2N)cc1. The molecule has 0 amide bonds. The molecule has 8 heteroatoms. The van der Waals surface area contributed by atoms with Crippen molar-refractivity contribution in [2.24, 2.45) is 5.73 Å². The van der Waals surface area contributed by atoms with E-state index in [0.29, 0.717) is 23.6 Å². The molecular weight excluding hydrogens is 460 g/mol. The predicted molar refractivity (Wildman–Crippen MR) is 131 cm³/mol. The fourth-order valence-corrected chi connectivity index (χ4v) is 4.78. The number of benzene rings is 2. The van der Waals surface area contributed by atoms with Crippen LogP contribution >= 0.6 is 22.9 Å². The number of ketones is 2. The molecular formula is C25H25ClN2O4S. The second-order valence-electron chi connectivity index (χ2n) is 7.70. The van der Waals surface area contributed by atoms with Crippen molar-refractivity contribution in [3.8, 4) is 0 Å². The maximum absolute atomic E-state index is 13.3. The van der Waals surface area contributed by atoms with E-state index in [9.17, 15) is 14.4 Å². The summed E-state index contributed by atoms with van der Waals surface area (Å²) in [6.45, 7) is 3.18. The standard InChI is InChI=1S/C25H25ClN2O4S/c1-14(27)23(30)25-21(24(31)18-5-3-4-6-19(18)26)22(28)20(33-25)12-11-16-7-9-17(10-8-16)13-32-15(2)29/h3-10,14H,11-13,27-28H2,1-2H3. The fourth-order valence-electron chi connectivity index (χ4n) is 3.31. The van der Waals surface area contributed by atoms with Gasteiger partial charge in [0.25, 0.3) is 0 Å². The highest BCUT2D eigenvalue weighted by Crippen LogP contribution is 2.36. The van der Waals surface area contributed by atoms with Gasteiger partial charge in [-0.3, -0.25) is 14.4 Å². The van der Waals surface area contributed by atoms with Gasteiger partial charge in [0, 0.05) is 17.4 Å². The smallest absolute Gasteiger partial charge is 0.302 e. The molecule has 1 unspecified atom stereocenters. The summed E-state index contributed by atoms with van der Waals surface area (Å²) in [6, 6.07) is 13.6. The van der Waals surface area contributed by atoms with Gasteiger partial charge in [-0.15, -0.1) is 11.3 Å². The first-order valence-corrected chi connectivity index (χ1v) is 11.6. The molecule has 6 nitrogen and oxygen atoms in total. The quantitative estimate of drug-likeness (QED) is 0.339. The molecule has 3 aromatic rings. The van der Waals surface area contributed by atoms with Crippen LogP contribution in [0.3, 0.4) is 0 Å². The Balaban J connectivity index is 1.86. The number of carbonyl (C=O) groups excluding carboxylic acids is 3. The van der Waals surface area contributed by atoms with E-state index in [0.717, 1.165) is 16.0 Å². The van der Waals surface area contributed by atoms with Crippen molar-refractivity contribution >= 4 is 46.2 Å². The summed E-state index contributed by atoms with van der Waals surface area (Å²) >= 11 is 7.43. The van der Waals surface area contributed by atoms with E-state index in [1.54, 1.807) is 31.2 Å². The van der Waals surface area contributed by atoms with Crippen molar-refractivity contribution in [1.82, 2.24) is 0 Å². The number of nitrogen functional groups attached to an aromatic ring is 1. The van der Waals surface area contributed by atoms with Crippen molar-refractivity contribution < 1.29 is 19.1 Å². The van der Waals surface area contributed by atoms with Crippen LogP contribution < -0.4 is 11.5 Å². The lowest BCUT2D eigenvalue weighted by Gasteiger charge is -2.08.